The third-order valence-corrected chi connectivity index (χ3v) is 3.72. The standard InChI is InChI=1S/C16H20N2O2/c17-13-16(11-7-2-1-3-8-12-16)18-15(19)20-14-9-5-4-6-10-14/h4-6,9-10H,1-3,7-8,11-12H2,(H,18,19). The van der Waals surface area contributed by atoms with Crippen molar-refractivity contribution in [3.63, 3.8) is 0 Å². The van der Waals surface area contributed by atoms with E-state index in [1.165, 1.54) is 6.42 Å². The van der Waals surface area contributed by atoms with Gasteiger partial charge in [0.15, 0.2) is 0 Å². The molecule has 0 spiro atoms. The Hall–Kier alpha value is -2.02. The maximum Gasteiger partial charge on any atom is 0.413 e. The van der Waals surface area contributed by atoms with E-state index >= 15 is 0 Å². The highest BCUT2D eigenvalue weighted by atomic mass is 16.6. The molecule has 1 aromatic carbocycles. The lowest BCUT2D eigenvalue weighted by atomic mass is 9.85. The number of para-hydroxylation sites is 1. The average molecular weight is 272 g/mol. The first kappa shape index (κ1) is 14.4. The summed E-state index contributed by atoms with van der Waals surface area (Å²) in [5, 5.41) is 12.2. The molecule has 1 aliphatic carbocycles. The number of ether oxygens (including phenoxy) is 1. The van der Waals surface area contributed by atoms with E-state index in [1.54, 1.807) is 24.3 Å². The second kappa shape index (κ2) is 6.95. The van der Waals surface area contributed by atoms with Crippen molar-refractivity contribution in [2.45, 2.75) is 50.5 Å². The van der Waals surface area contributed by atoms with Crippen LogP contribution in [0.2, 0.25) is 0 Å². The molecule has 1 saturated carbocycles. The van der Waals surface area contributed by atoms with Gasteiger partial charge in [-0.05, 0) is 25.0 Å². The predicted octanol–water partition coefficient (Wildman–Crippen LogP) is 3.78. The fourth-order valence-corrected chi connectivity index (χ4v) is 2.59. The van der Waals surface area contributed by atoms with Gasteiger partial charge in [-0.1, -0.05) is 50.3 Å². The quantitative estimate of drug-likeness (QED) is 0.891. The molecular formula is C16H20N2O2. The van der Waals surface area contributed by atoms with E-state index in [4.69, 9.17) is 4.74 Å². The first-order chi connectivity index (χ1) is 9.74. The van der Waals surface area contributed by atoms with Crippen LogP contribution in [0.3, 0.4) is 0 Å². The molecule has 106 valence electrons. The number of nitrogens with zero attached hydrogens (tertiary/aromatic N) is 1. The van der Waals surface area contributed by atoms with Crippen molar-refractivity contribution < 1.29 is 9.53 Å². The molecule has 1 fully saturated rings. The summed E-state index contributed by atoms with van der Waals surface area (Å²) in [5.41, 5.74) is -0.772. The average Bonchev–Trinajstić information content (AvgIpc) is 2.43. The number of hydrogen-bond acceptors (Lipinski definition) is 3. The SMILES string of the molecule is N#CC1(NC(=O)Oc2ccccc2)CCCCCCC1. The summed E-state index contributed by atoms with van der Waals surface area (Å²) < 4.78 is 5.21. The summed E-state index contributed by atoms with van der Waals surface area (Å²) in [5.74, 6) is 0.490. The van der Waals surface area contributed by atoms with Crippen LogP contribution in [0.4, 0.5) is 4.79 Å². The predicted molar refractivity (Wildman–Crippen MR) is 76.3 cm³/mol. The van der Waals surface area contributed by atoms with Crippen LogP contribution in [0.1, 0.15) is 44.9 Å². The Kier molecular flexibility index (Phi) is 5.00. The van der Waals surface area contributed by atoms with Gasteiger partial charge in [-0.15, -0.1) is 0 Å². The normalized spacial score (nSPS) is 18.1. The largest absolute Gasteiger partial charge is 0.413 e. The Morgan fingerprint density at radius 1 is 1.10 bits per heavy atom. The molecule has 1 N–H and O–H groups in total. The van der Waals surface area contributed by atoms with Gasteiger partial charge >= 0.3 is 6.09 Å². The second-order valence-electron chi connectivity index (χ2n) is 5.29. The van der Waals surface area contributed by atoms with Gasteiger partial charge < -0.3 is 10.1 Å². The zero-order valence-electron chi connectivity index (χ0n) is 11.6. The minimum Gasteiger partial charge on any atom is -0.410 e. The lowest BCUT2D eigenvalue weighted by molar-refractivity contribution is 0.185. The molecule has 1 amide bonds. The van der Waals surface area contributed by atoms with Crippen molar-refractivity contribution in [1.29, 1.82) is 5.26 Å². The van der Waals surface area contributed by atoms with Gasteiger partial charge in [0.2, 0.25) is 0 Å². The van der Waals surface area contributed by atoms with E-state index in [9.17, 15) is 10.1 Å². The van der Waals surface area contributed by atoms with Gasteiger partial charge in [-0.3, -0.25) is 0 Å². The highest BCUT2D eigenvalue weighted by Crippen LogP contribution is 2.26. The van der Waals surface area contributed by atoms with Crippen LogP contribution >= 0.6 is 0 Å². The highest BCUT2D eigenvalue weighted by molar-refractivity contribution is 5.71. The number of nitriles is 1. The lowest BCUT2D eigenvalue weighted by Gasteiger charge is -2.29. The number of rotatable bonds is 2. The third-order valence-electron chi connectivity index (χ3n) is 3.72. The first-order valence-corrected chi connectivity index (χ1v) is 7.20. The fraction of sp³-hybridized carbons (Fsp3) is 0.500. The van der Waals surface area contributed by atoms with E-state index in [-0.39, 0.29) is 0 Å². The fourth-order valence-electron chi connectivity index (χ4n) is 2.59. The van der Waals surface area contributed by atoms with Crippen LogP contribution in [0, 0.1) is 11.3 Å². The van der Waals surface area contributed by atoms with Crippen molar-refractivity contribution in [3.8, 4) is 11.8 Å². The summed E-state index contributed by atoms with van der Waals surface area (Å²) in [6.45, 7) is 0. The maximum absolute atomic E-state index is 12.0. The summed E-state index contributed by atoms with van der Waals surface area (Å²) >= 11 is 0. The van der Waals surface area contributed by atoms with Crippen molar-refractivity contribution in [2.75, 3.05) is 0 Å². The topological polar surface area (TPSA) is 62.1 Å². The van der Waals surface area contributed by atoms with Gasteiger partial charge in [0.25, 0.3) is 0 Å². The van der Waals surface area contributed by atoms with Gasteiger partial charge in [-0.2, -0.15) is 5.26 Å². The van der Waals surface area contributed by atoms with Crippen LogP contribution in [0.25, 0.3) is 0 Å². The number of carbonyl (C=O) groups is 1. The van der Waals surface area contributed by atoms with Crippen molar-refractivity contribution >= 4 is 6.09 Å². The summed E-state index contributed by atoms with van der Waals surface area (Å²) in [4.78, 5) is 12.0. The number of amides is 1. The summed E-state index contributed by atoms with van der Waals surface area (Å²) in [7, 11) is 0. The molecule has 20 heavy (non-hydrogen) atoms. The summed E-state index contributed by atoms with van der Waals surface area (Å²) in [6.07, 6.45) is 6.27. The number of carbonyl (C=O) groups excluding carboxylic acids is 1. The maximum atomic E-state index is 12.0. The van der Waals surface area contributed by atoms with Crippen molar-refractivity contribution in [3.05, 3.63) is 30.3 Å². The Bertz CT molecular complexity index is 471. The van der Waals surface area contributed by atoms with Crippen molar-refractivity contribution in [1.82, 2.24) is 5.32 Å². The molecule has 0 bridgehead atoms. The molecule has 2 rings (SSSR count). The molecule has 1 aromatic rings. The molecule has 0 radical (unpaired) electrons. The van der Waals surface area contributed by atoms with E-state index in [0.717, 1.165) is 25.7 Å². The van der Waals surface area contributed by atoms with Crippen molar-refractivity contribution in [2.24, 2.45) is 0 Å². The highest BCUT2D eigenvalue weighted by Gasteiger charge is 2.32. The van der Waals surface area contributed by atoms with Crippen LogP contribution in [-0.2, 0) is 0 Å². The zero-order chi connectivity index (χ0) is 14.3. The lowest BCUT2D eigenvalue weighted by Crippen LogP contribution is -2.48. The molecule has 0 aromatic heterocycles. The Labute approximate surface area is 119 Å². The minimum atomic E-state index is -0.772. The van der Waals surface area contributed by atoms with Crippen LogP contribution in [0.5, 0.6) is 5.75 Å². The second-order valence-corrected chi connectivity index (χ2v) is 5.29. The van der Waals surface area contributed by atoms with E-state index in [1.807, 2.05) is 6.07 Å². The van der Waals surface area contributed by atoms with Crippen LogP contribution in [0.15, 0.2) is 30.3 Å². The van der Waals surface area contributed by atoms with Gasteiger partial charge in [0, 0.05) is 0 Å². The zero-order valence-corrected chi connectivity index (χ0v) is 11.6. The van der Waals surface area contributed by atoms with Gasteiger partial charge in [0.05, 0.1) is 6.07 Å². The molecule has 0 atom stereocenters. The monoisotopic (exact) mass is 272 g/mol. The number of nitrogens with one attached hydrogen (secondary N) is 1. The molecule has 0 saturated heterocycles. The number of benzene rings is 1. The molecule has 0 heterocycles. The molecule has 0 unspecified atom stereocenters. The molecule has 1 aliphatic rings. The van der Waals surface area contributed by atoms with Gasteiger partial charge in [0.1, 0.15) is 11.3 Å². The summed E-state index contributed by atoms with van der Waals surface area (Å²) in [6, 6.07) is 11.2. The van der Waals surface area contributed by atoms with E-state index < -0.39 is 11.6 Å². The number of hydrogen-bond donors (Lipinski definition) is 1. The molecule has 4 heteroatoms. The minimum absolute atomic E-state index is 0.490. The van der Waals surface area contributed by atoms with E-state index in [0.29, 0.717) is 18.6 Å². The molecular weight excluding hydrogens is 252 g/mol. The van der Waals surface area contributed by atoms with E-state index in [2.05, 4.69) is 11.4 Å². The Balaban J connectivity index is 1.97. The Morgan fingerprint density at radius 2 is 1.70 bits per heavy atom. The molecule has 4 nitrogen and oxygen atoms in total. The van der Waals surface area contributed by atoms with Gasteiger partial charge in [-0.25, -0.2) is 4.79 Å². The third kappa shape index (κ3) is 3.99. The molecule has 0 aliphatic heterocycles. The smallest absolute Gasteiger partial charge is 0.410 e. The van der Waals surface area contributed by atoms with Crippen LogP contribution in [-0.4, -0.2) is 11.6 Å². The van der Waals surface area contributed by atoms with Crippen LogP contribution < -0.4 is 10.1 Å². The Morgan fingerprint density at radius 3 is 2.30 bits per heavy atom. The first-order valence-electron chi connectivity index (χ1n) is 7.20.